The number of fused-ring (bicyclic) bond motifs is 4. The minimum atomic E-state index is -0.592. The average Bonchev–Trinajstić information content (AvgIpc) is 2.50. The number of ether oxygens (including phenoxy) is 1. The quantitative estimate of drug-likeness (QED) is 0.798. The average molecular weight is 328 g/mol. The van der Waals surface area contributed by atoms with Crippen LogP contribution in [0.3, 0.4) is 0 Å². The number of thiocarbonyl (C=S) groups is 1. The van der Waals surface area contributed by atoms with E-state index in [1.165, 1.54) is 6.07 Å². The van der Waals surface area contributed by atoms with E-state index in [1.807, 2.05) is 30.0 Å². The third kappa shape index (κ3) is 2.18. The molecule has 0 radical (unpaired) electrons. The molecule has 2 aliphatic rings. The summed E-state index contributed by atoms with van der Waals surface area (Å²) >= 11 is 5.58. The van der Waals surface area contributed by atoms with Gasteiger partial charge in [-0.05, 0) is 55.9 Å². The maximum Gasteiger partial charge on any atom is 0.188 e. The number of rotatable bonds is 1. The molecule has 2 aliphatic heterocycles. The second kappa shape index (κ2) is 4.93. The van der Waals surface area contributed by atoms with Gasteiger partial charge in [-0.3, -0.25) is 4.90 Å². The highest BCUT2D eigenvalue weighted by atomic mass is 32.1. The summed E-state index contributed by atoms with van der Waals surface area (Å²) in [5.41, 5.74) is 1.96. The summed E-state index contributed by atoms with van der Waals surface area (Å²) in [5.74, 6) is 0.646. The van der Waals surface area contributed by atoms with E-state index in [9.17, 15) is 4.39 Å². The van der Waals surface area contributed by atoms with Gasteiger partial charge in [0.05, 0.1) is 6.04 Å². The Balaban J connectivity index is 1.81. The van der Waals surface area contributed by atoms with Crippen LogP contribution in [0.4, 0.5) is 10.1 Å². The number of halogens is 1. The zero-order valence-corrected chi connectivity index (χ0v) is 13.8. The molecule has 0 amide bonds. The van der Waals surface area contributed by atoms with Gasteiger partial charge in [-0.2, -0.15) is 0 Å². The SMILES string of the molecule is Cc1cc(N2C(=S)NC3CC2(C)Oc2ccccc23)ccc1F. The Morgan fingerprint density at radius 2 is 2.09 bits per heavy atom. The molecule has 1 N–H and O–H groups in total. The van der Waals surface area contributed by atoms with Crippen molar-refractivity contribution in [2.75, 3.05) is 4.90 Å². The van der Waals surface area contributed by atoms with Crippen LogP contribution in [0.15, 0.2) is 42.5 Å². The molecule has 2 aromatic carbocycles. The van der Waals surface area contributed by atoms with Gasteiger partial charge in [0.1, 0.15) is 11.6 Å². The monoisotopic (exact) mass is 328 g/mol. The van der Waals surface area contributed by atoms with E-state index in [-0.39, 0.29) is 11.9 Å². The molecule has 118 valence electrons. The van der Waals surface area contributed by atoms with E-state index in [4.69, 9.17) is 17.0 Å². The largest absolute Gasteiger partial charge is 0.467 e. The summed E-state index contributed by atoms with van der Waals surface area (Å²) < 4.78 is 19.9. The van der Waals surface area contributed by atoms with Gasteiger partial charge in [0.2, 0.25) is 0 Å². The molecule has 2 bridgehead atoms. The lowest BCUT2D eigenvalue weighted by atomic mass is 9.90. The molecule has 23 heavy (non-hydrogen) atoms. The van der Waals surface area contributed by atoms with Crippen molar-refractivity contribution in [1.29, 1.82) is 0 Å². The van der Waals surface area contributed by atoms with E-state index < -0.39 is 5.72 Å². The Kier molecular flexibility index (Phi) is 3.10. The van der Waals surface area contributed by atoms with Gasteiger partial charge >= 0.3 is 0 Å². The van der Waals surface area contributed by atoms with Crippen LogP contribution in [-0.4, -0.2) is 10.8 Å². The van der Waals surface area contributed by atoms with Crippen molar-refractivity contribution < 1.29 is 9.13 Å². The fourth-order valence-electron chi connectivity index (χ4n) is 3.48. The van der Waals surface area contributed by atoms with E-state index >= 15 is 0 Å². The zero-order chi connectivity index (χ0) is 16.2. The molecule has 2 heterocycles. The Labute approximate surface area is 140 Å². The second-order valence-corrected chi connectivity index (χ2v) is 6.68. The number of aryl methyl sites for hydroxylation is 1. The fraction of sp³-hybridized carbons (Fsp3) is 0.278. The first-order valence-electron chi connectivity index (χ1n) is 7.63. The minimum Gasteiger partial charge on any atom is -0.467 e. The summed E-state index contributed by atoms with van der Waals surface area (Å²) in [6.45, 7) is 3.78. The first kappa shape index (κ1) is 14.5. The van der Waals surface area contributed by atoms with E-state index in [2.05, 4.69) is 11.4 Å². The van der Waals surface area contributed by atoms with Gasteiger partial charge < -0.3 is 10.1 Å². The van der Waals surface area contributed by atoms with Crippen molar-refractivity contribution in [3.63, 3.8) is 0 Å². The van der Waals surface area contributed by atoms with Crippen LogP contribution < -0.4 is 15.0 Å². The number of hydrogen-bond donors (Lipinski definition) is 1. The lowest BCUT2D eigenvalue weighted by Gasteiger charge is -2.52. The van der Waals surface area contributed by atoms with Crippen molar-refractivity contribution in [3.8, 4) is 5.75 Å². The van der Waals surface area contributed by atoms with Crippen LogP contribution in [0, 0.1) is 12.7 Å². The zero-order valence-electron chi connectivity index (χ0n) is 13.0. The molecule has 2 atom stereocenters. The van der Waals surface area contributed by atoms with Crippen LogP contribution in [0.5, 0.6) is 5.75 Å². The highest BCUT2D eigenvalue weighted by molar-refractivity contribution is 7.80. The summed E-state index contributed by atoms with van der Waals surface area (Å²) in [7, 11) is 0. The van der Waals surface area contributed by atoms with Crippen molar-refractivity contribution in [2.24, 2.45) is 0 Å². The fourth-order valence-corrected chi connectivity index (χ4v) is 3.92. The van der Waals surface area contributed by atoms with Gasteiger partial charge in [-0.25, -0.2) is 4.39 Å². The highest BCUT2D eigenvalue weighted by Gasteiger charge is 2.48. The Bertz CT molecular complexity index is 809. The first-order valence-corrected chi connectivity index (χ1v) is 8.03. The van der Waals surface area contributed by atoms with Gasteiger partial charge in [-0.1, -0.05) is 18.2 Å². The smallest absolute Gasteiger partial charge is 0.188 e. The molecule has 3 nitrogen and oxygen atoms in total. The maximum atomic E-state index is 13.6. The van der Waals surface area contributed by atoms with Gasteiger partial charge in [0.25, 0.3) is 0 Å². The van der Waals surface area contributed by atoms with Gasteiger partial charge in [0, 0.05) is 17.7 Å². The molecule has 5 heteroatoms. The van der Waals surface area contributed by atoms with E-state index in [0.717, 1.165) is 23.4 Å². The third-order valence-electron chi connectivity index (χ3n) is 4.58. The Morgan fingerprint density at radius 1 is 1.30 bits per heavy atom. The molecular formula is C18H17FN2OS. The standard InChI is InChI=1S/C18H17FN2OS/c1-11-9-12(7-8-14(11)19)21-17(23)20-15-10-18(21,2)22-16-6-4-3-5-13(15)16/h3-9,15H,10H2,1-2H3,(H,20,23). The van der Waals surface area contributed by atoms with Crippen LogP contribution >= 0.6 is 12.2 Å². The van der Waals surface area contributed by atoms with Gasteiger partial charge in [0.15, 0.2) is 10.8 Å². The number of nitrogens with one attached hydrogen (secondary N) is 1. The first-order chi connectivity index (χ1) is 11.0. The number of para-hydroxylation sites is 1. The van der Waals surface area contributed by atoms with Crippen LogP contribution in [0.1, 0.15) is 30.5 Å². The van der Waals surface area contributed by atoms with E-state index in [0.29, 0.717) is 10.7 Å². The van der Waals surface area contributed by atoms with Crippen molar-refractivity contribution >= 4 is 23.0 Å². The lowest BCUT2D eigenvalue weighted by molar-refractivity contribution is 0.0497. The number of nitrogens with zero attached hydrogens (tertiary/aromatic N) is 1. The summed E-state index contributed by atoms with van der Waals surface area (Å²) in [6.07, 6.45) is 0.764. The predicted octanol–water partition coefficient (Wildman–Crippen LogP) is 4.07. The summed E-state index contributed by atoms with van der Waals surface area (Å²) in [4.78, 5) is 1.95. The van der Waals surface area contributed by atoms with Crippen molar-refractivity contribution in [1.82, 2.24) is 5.32 Å². The molecule has 4 rings (SSSR count). The highest BCUT2D eigenvalue weighted by Crippen LogP contribution is 2.45. The second-order valence-electron chi connectivity index (χ2n) is 6.29. The number of hydrogen-bond acceptors (Lipinski definition) is 2. The topological polar surface area (TPSA) is 24.5 Å². The maximum absolute atomic E-state index is 13.6. The molecule has 0 aliphatic carbocycles. The van der Waals surface area contributed by atoms with E-state index in [1.54, 1.807) is 19.1 Å². The van der Waals surface area contributed by atoms with Crippen molar-refractivity contribution in [3.05, 3.63) is 59.4 Å². The molecule has 2 unspecified atom stereocenters. The lowest BCUT2D eigenvalue weighted by Crippen LogP contribution is -2.65. The molecule has 0 saturated carbocycles. The molecular weight excluding hydrogens is 311 g/mol. The van der Waals surface area contributed by atoms with Crippen LogP contribution in [-0.2, 0) is 0 Å². The van der Waals surface area contributed by atoms with Crippen LogP contribution in [0.25, 0.3) is 0 Å². The summed E-state index contributed by atoms with van der Waals surface area (Å²) in [6, 6.07) is 13.2. The molecule has 0 spiro atoms. The minimum absolute atomic E-state index is 0.134. The van der Waals surface area contributed by atoms with Crippen LogP contribution in [0.2, 0.25) is 0 Å². The third-order valence-corrected chi connectivity index (χ3v) is 4.88. The predicted molar refractivity (Wildman–Crippen MR) is 92.2 cm³/mol. The van der Waals surface area contributed by atoms with Crippen molar-refractivity contribution in [2.45, 2.75) is 32.0 Å². The number of anilines is 1. The normalized spacial score (nSPS) is 25.4. The molecule has 2 aromatic rings. The molecule has 1 fully saturated rings. The number of benzene rings is 2. The Morgan fingerprint density at radius 3 is 2.87 bits per heavy atom. The Hall–Kier alpha value is -2.14. The molecule has 0 aromatic heterocycles. The molecule has 1 saturated heterocycles. The summed E-state index contributed by atoms with van der Waals surface area (Å²) in [5, 5.41) is 4.00. The van der Waals surface area contributed by atoms with Gasteiger partial charge in [-0.15, -0.1) is 0 Å².